The first-order valence-electron chi connectivity index (χ1n) is 6.98. The average molecular weight is 283 g/mol. The van der Waals surface area contributed by atoms with Gasteiger partial charge in [0.05, 0.1) is 18.9 Å². The van der Waals surface area contributed by atoms with Crippen molar-refractivity contribution in [3.63, 3.8) is 0 Å². The third kappa shape index (κ3) is 3.16. The number of fused-ring (bicyclic) bond motifs is 1. The maximum absolute atomic E-state index is 12.0. The average Bonchev–Trinajstić information content (AvgIpc) is 2.99. The second-order valence-corrected chi connectivity index (χ2v) is 5.09. The van der Waals surface area contributed by atoms with E-state index in [1.165, 1.54) is 6.08 Å². The third-order valence-electron chi connectivity index (χ3n) is 3.46. The van der Waals surface area contributed by atoms with E-state index in [-0.39, 0.29) is 11.9 Å². The fourth-order valence-electron chi connectivity index (χ4n) is 2.43. The van der Waals surface area contributed by atoms with Gasteiger partial charge in [-0.3, -0.25) is 4.79 Å². The molecule has 0 saturated carbocycles. The van der Waals surface area contributed by atoms with E-state index in [1.54, 1.807) is 24.5 Å². The van der Waals surface area contributed by atoms with E-state index in [2.05, 4.69) is 11.4 Å². The van der Waals surface area contributed by atoms with E-state index in [9.17, 15) is 4.79 Å². The molecule has 1 aliphatic rings. The molecule has 1 amide bonds. The van der Waals surface area contributed by atoms with Gasteiger partial charge in [0.25, 0.3) is 0 Å². The number of aryl methyl sites for hydroxylation is 1. The minimum absolute atomic E-state index is 0.0117. The molecule has 108 valence electrons. The minimum Gasteiger partial charge on any atom is -0.493 e. The van der Waals surface area contributed by atoms with Crippen LogP contribution in [0.25, 0.3) is 6.08 Å². The van der Waals surface area contributed by atoms with Gasteiger partial charge in [0, 0.05) is 18.1 Å². The summed E-state index contributed by atoms with van der Waals surface area (Å²) in [6.07, 6.45) is 5.50. The Kier molecular flexibility index (Phi) is 3.77. The zero-order valence-corrected chi connectivity index (χ0v) is 11.8. The second-order valence-electron chi connectivity index (χ2n) is 5.09. The molecule has 0 fully saturated rings. The van der Waals surface area contributed by atoms with Crippen molar-refractivity contribution in [1.82, 2.24) is 5.32 Å². The molecule has 1 atom stereocenters. The zero-order chi connectivity index (χ0) is 14.7. The van der Waals surface area contributed by atoms with Crippen LogP contribution in [0.2, 0.25) is 0 Å². The Balaban J connectivity index is 1.71. The molecule has 3 rings (SSSR count). The van der Waals surface area contributed by atoms with Gasteiger partial charge in [-0.2, -0.15) is 0 Å². The normalized spacial score (nSPS) is 17.3. The number of benzene rings is 1. The van der Waals surface area contributed by atoms with E-state index in [4.69, 9.17) is 9.15 Å². The summed E-state index contributed by atoms with van der Waals surface area (Å²) in [6, 6.07) is 9.62. The molecule has 0 aliphatic carbocycles. The van der Waals surface area contributed by atoms with Crippen LogP contribution in [0.5, 0.6) is 5.75 Å². The van der Waals surface area contributed by atoms with Gasteiger partial charge in [0.2, 0.25) is 5.91 Å². The summed E-state index contributed by atoms with van der Waals surface area (Å²) in [4.78, 5) is 12.0. The molecule has 4 nitrogen and oxygen atoms in total. The summed E-state index contributed by atoms with van der Waals surface area (Å²) in [5.41, 5.74) is 2.20. The molecule has 1 aromatic heterocycles. The molecule has 0 spiro atoms. The first-order chi connectivity index (χ1) is 10.2. The van der Waals surface area contributed by atoms with Crippen LogP contribution < -0.4 is 10.1 Å². The molecule has 0 radical (unpaired) electrons. The molecule has 2 heterocycles. The summed E-state index contributed by atoms with van der Waals surface area (Å²) in [7, 11) is 0. The van der Waals surface area contributed by atoms with Crippen molar-refractivity contribution >= 4 is 12.0 Å². The number of hydrogen-bond donors (Lipinski definition) is 1. The number of amides is 1. The van der Waals surface area contributed by atoms with Crippen LogP contribution >= 0.6 is 0 Å². The summed E-state index contributed by atoms with van der Waals surface area (Å²) in [5, 5.41) is 3.02. The number of hydrogen-bond acceptors (Lipinski definition) is 3. The van der Waals surface area contributed by atoms with Gasteiger partial charge in [-0.1, -0.05) is 17.7 Å². The van der Waals surface area contributed by atoms with Crippen molar-refractivity contribution in [2.24, 2.45) is 0 Å². The van der Waals surface area contributed by atoms with Crippen molar-refractivity contribution in [3.8, 4) is 5.75 Å². The lowest BCUT2D eigenvalue weighted by Gasteiger charge is -2.26. The number of rotatable bonds is 3. The van der Waals surface area contributed by atoms with Crippen LogP contribution in [0.4, 0.5) is 0 Å². The Morgan fingerprint density at radius 2 is 2.29 bits per heavy atom. The third-order valence-corrected chi connectivity index (χ3v) is 3.46. The Bertz CT molecular complexity index is 659. The van der Waals surface area contributed by atoms with Crippen LogP contribution in [-0.4, -0.2) is 12.5 Å². The minimum atomic E-state index is -0.134. The van der Waals surface area contributed by atoms with Crippen molar-refractivity contribution in [3.05, 3.63) is 59.6 Å². The van der Waals surface area contributed by atoms with Crippen LogP contribution in [-0.2, 0) is 4.79 Å². The maximum Gasteiger partial charge on any atom is 0.244 e. The fourth-order valence-corrected chi connectivity index (χ4v) is 2.43. The molecule has 1 aromatic carbocycles. The molecular weight excluding hydrogens is 266 g/mol. The highest BCUT2D eigenvalue weighted by molar-refractivity contribution is 5.91. The standard InChI is InChI=1S/C17H17NO3/c1-12-4-6-16-14(11-12)15(8-10-21-16)18-17(19)7-5-13-3-2-9-20-13/h2-7,9,11,15H,8,10H2,1H3,(H,18,19)/b7-5+. The Hall–Kier alpha value is -2.49. The Morgan fingerprint density at radius 3 is 3.10 bits per heavy atom. The summed E-state index contributed by atoms with van der Waals surface area (Å²) >= 11 is 0. The summed E-state index contributed by atoms with van der Waals surface area (Å²) in [6.45, 7) is 2.65. The van der Waals surface area contributed by atoms with Crippen LogP contribution in [0.3, 0.4) is 0 Å². The Morgan fingerprint density at radius 1 is 1.38 bits per heavy atom. The first kappa shape index (κ1) is 13.5. The number of furan rings is 1. The van der Waals surface area contributed by atoms with Crippen molar-refractivity contribution in [2.75, 3.05) is 6.61 Å². The van der Waals surface area contributed by atoms with E-state index >= 15 is 0 Å². The van der Waals surface area contributed by atoms with Gasteiger partial charge >= 0.3 is 0 Å². The van der Waals surface area contributed by atoms with Crippen LogP contribution in [0.15, 0.2) is 47.1 Å². The first-order valence-corrected chi connectivity index (χ1v) is 6.98. The van der Waals surface area contributed by atoms with Crippen molar-refractivity contribution in [1.29, 1.82) is 0 Å². The molecular formula is C17H17NO3. The van der Waals surface area contributed by atoms with Gasteiger partial charge in [-0.15, -0.1) is 0 Å². The molecule has 4 heteroatoms. The quantitative estimate of drug-likeness (QED) is 0.880. The number of nitrogens with one attached hydrogen (secondary N) is 1. The lowest BCUT2D eigenvalue weighted by Crippen LogP contribution is -2.31. The van der Waals surface area contributed by atoms with Crippen molar-refractivity contribution in [2.45, 2.75) is 19.4 Å². The monoisotopic (exact) mass is 283 g/mol. The van der Waals surface area contributed by atoms with E-state index in [0.717, 1.165) is 23.3 Å². The highest BCUT2D eigenvalue weighted by Gasteiger charge is 2.22. The van der Waals surface area contributed by atoms with E-state index in [1.807, 2.05) is 19.1 Å². The molecule has 0 bridgehead atoms. The molecule has 1 unspecified atom stereocenters. The van der Waals surface area contributed by atoms with E-state index in [0.29, 0.717) is 12.4 Å². The molecule has 1 N–H and O–H groups in total. The summed E-state index contributed by atoms with van der Waals surface area (Å²) < 4.78 is 10.8. The van der Waals surface area contributed by atoms with Crippen LogP contribution in [0, 0.1) is 6.92 Å². The van der Waals surface area contributed by atoms with Gasteiger partial charge in [-0.05, 0) is 31.2 Å². The number of carbonyl (C=O) groups is 1. The molecule has 0 saturated heterocycles. The molecule has 2 aromatic rings. The maximum atomic E-state index is 12.0. The van der Waals surface area contributed by atoms with Gasteiger partial charge in [-0.25, -0.2) is 0 Å². The van der Waals surface area contributed by atoms with Gasteiger partial charge in [0.1, 0.15) is 11.5 Å². The fraction of sp³-hybridized carbons (Fsp3) is 0.235. The SMILES string of the molecule is Cc1ccc2c(c1)C(NC(=O)/C=C/c1ccco1)CCO2. The Labute approximate surface area is 123 Å². The smallest absolute Gasteiger partial charge is 0.244 e. The van der Waals surface area contributed by atoms with Crippen molar-refractivity contribution < 1.29 is 13.9 Å². The second kappa shape index (κ2) is 5.87. The highest BCUT2D eigenvalue weighted by atomic mass is 16.5. The number of carbonyl (C=O) groups excluding carboxylic acids is 1. The highest BCUT2D eigenvalue weighted by Crippen LogP contribution is 2.32. The summed E-state index contributed by atoms with van der Waals surface area (Å²) in [5.74, 6) is 1.38. The van der Waals surface area contributed by atoms with E-state index < -0.39 is 0 Å². The zero-order valence-electron chi connectivity index (χ0n) is 11.8. The van der Waals surface area contributed by atoms with Crippen LogP contribution in [0.1, 0.15) is 29.3 Å². The lowest BCUT2D eigenvalue weighted by molar-refractivity contribution is -0.117. The predicted molar refractivity (Wildman–Crippen MR) is 79.9 cm³/mol. The lowest BCUT2D eigenvalue weighted by atomic mass is 9.98. The predicted octanol–water partition coefficient (Wildman–Crippen LogP) is 3.24. The molecule has 1 aliphatic heterocycles. The van der Waals surface area contributed by atoms with Gasteiger partial charge in [0.15, 0.2) is 0 Å². The largest absolute Gasteiger partial charge is 0.493 e. The van der Waals surface area contributed by atoms with Gasteiger partial charge < -0.3 is 14.5 Å². The molecule has 21 heavy (non-hydrogen) atoms. The number of ether oxygens (including phenoxy) is 1. The topological polar surface area (TPSA) is 51.5 Å².